The van der Waals surface area contributed by atoms with Crippen LogP contribution in [0.5, 0.6) is 0 Å². The molecular weight excluding hydrogens is 134 g/mol. The van der Waals surface area contributed by atoms with Gasteiger partial charge in [-0.25, -0.2) is 0 Å². The molecule has 1 rings (SSSR count). The molecular formula is C6H11NO3. The maximum absolute atomic E-state index is 10.8. The topological polar surface area (TPSA) is 58.6 Å². The lowest BCUT2D eigenvalue weighted by Gasteiger charge is -2.07. The molecule has 4 nitrogen and oxygen atoms in total. The number of carbonyl (C=O) groups is 1. The fourth-order valence-corrected chi connectivity index (χ4v) is 1.05. The number of esters is 1. The summed E-state index contributed by atoms with van der Waals surface area (Å²) >= 11 is 0. The summed E-state index contributed by atoms with van der Waals surface area (Å²) in [7, 11) is 1.34. The highest BCUT2D eigenvalue weighted by Gasteiger charge is 2.27. The van der Waals surface area contributed by atoms with Crippen LogP contribution in [0.3, 0.4) is 0 Å². The SMILES string of the molecule is COC(=O)[C@H]1CCC(O)N1. The first-order valence-electron chi connectivity index (χ1n) is 3.26. The highest BCUT2D eigenvalue weighted by molar-refractivity contribution is 5.75. The van der Waals surface area contributed by atoms with Gasteiger partial charge in [-0.3, -0.25) is 10.1 Å². The van der Waals surface area contributed by atoms with Gasteiger partial charge >= 0.3 is 5.97 Å². The number of methoxy groups -OCH3 is 1. The third-order valence-electron chi connectivity index (χ3n) is 1.61. The van der Waals surface area contributed by atoms with E-state index < -0.39 is 6.23 Å². The summed E-state index contributed by atoms with van der Waals surface area (Å²) in [6.07, 6.45) is 0.747. The average Bonchev–Trinajstić information content (AvgIpc) is 2.34. The zero-order valence-electron chi connectivity index (χ0n) is 5.83. The van der Waals surface area contributed by atoms with Crippen LogP contribution in [0.2, 0.25) is 0 Å². The lowest BCUT2D eigenvalue weighted by atomic mass is 10.2. The van der Waals surface area contributed by atoms with Crippen LogP contribution in [0.1, 0.15) is 12.8 Å². The number of aliphatic hydroxyl groups is 1. The number of hydrogen-bond acceptors (Lipinski definition) is 4. The Morgan fingerprint density at radius 3 is 2.80 bits per heavy atom. The largest absolute Gasteiger partial charge is 0.468 e. The van der Waals surface area contributed by atoms with E-state index in [1.807, 2.05) is 0 Å². The molecule has 0 spiro atoms. The van der Waals surface area contributed by atoms with Crippen LogP contribution in [0.4, 0.5) is 0 Å². The van der Waals surface area contributed by atoms with E-state index in [1.54, 1.807) is 0 Å². The van der Waals surface area contributed by atoms with Gasteiger partial charge < -0.3 is 9.84 Å². The van der Waals surface area contributed by atoms with Gasteiger partial charge in [0.05, 0.1) is 7.11 Å². The molecule has 2 N–H and O–H groups in total. The summed E-state index contributed by atoms with van der Waals surface area (Å²) in [6.45, 7) is 0. The van der Waals surface area contributed by atoms with Gasteiger partial charge in [-0.2, -0.15) is 0 Å². The molecule has 58 valence electrons. The Morgan fingerprint density at radius 2 is 2.40 bits per heavy atom. The molecule has 0 bridgehead atoms. The van der Waals surface area contributed by atoms with Crippen molar-refractivity contribution in [3.05, 3.63) is 0 Å². The van der Waals surface area contributed by atoms with Crippen molar-refractivity contribution >= 4 is 5.97 Å². The smallest absolute Gasteiger partial charge is 0.322 e. The molecule has 0 aromatic carbocycles. The van der Waals surface area contributed by atoms with Gasteiger partial charge in [0.25, 0.3) is 0 Å². The predicted octanol–water partition coefficient (Wildman–Crippen LogP) is -0.770. The minimum absolute atomic E-state index is 0.295. The molecule has 0 radical (unpaired) electrons. The number of ether oxygens (including phenoxy) is 1. The Kier molecular flexibility index (Phi) is 2.24. The third kappa shape index (κ3) is 1.46. The summed E-state index contributed by atoms with van der Waals surface area (Å²) in [6, 6.07) is -0.306. The second-order valence-electron chi connectivity index (χ2n) is 2.34. The minimum atomic E-state index is -0.538. The molecule has 0 amide bonds. The van der Waals surface area contributed by atoms with E-state index in [2.05, 4.69) is 10.1 Å². The maximum Gasteiger partial charge on any atom is 0.322 e. The summed E-state index contributed by atoms with van der Waals surface area (Å²) in [4.78, 5) is 10.8. The van der Waals surface area contributed by atoms with Crippen molar-refractivity contribution in [2.45, 2.75) is 25.1 Å². The van der Waals surface area contributed by atoms with Gasteiger partial charge in [-0.15, -0.1) is 0 Å². The highest BCUT2D eigenvalue weighted by atomic mass is 16.5. The van der Waals surface area contributed by atoms with Crippen molar-refractivity contribution in [3.63, 3.8) is 0 Å². The molecule has 2 atom stereocenters. The maximum atomic E-state index is 10.8. The predicted molar refractivity (Wildman–Crippen MR) is 34.2 cm³/mol. The van der Waals surface area contributed by atoms with Gasteiger partial charge in [-0.05, 0) is 12.8 Å². The second kappa shape index (κ2) is 2.98. The zero-order chi connectivity index (χ0) is 7.56. The Labute approximate surface area is 59.2 Å². The summed E-state index contributed by atoms with van der Waals surface area (Å²) in [5.74, 6) is -0.295. The molecule has 0 aromatic heterocycles. The number of aliphatic hydroxyl groups excluding tert-OH is 1. The molecule has 1 saturated heterocycles. The van der Waals surface area contributed by atoms with Crippen LogP contribution in [0, 0.1) is 0 Å². The quantitative estimate of drug-likeness (QED) is 0.476. The van der Waals surface area contributed by atoms with Crippen LogP contribution >= 0.6 is 0 Å². The van der Waals surface area contributed by atoms with Crippen LogP contribution < -0.4 is 5.32 Å². The molecule has 0 saturated carbocycles. The van der Waals surface area contributed by atoms with Crippen LogP contribution in [-0.2, 0) is 9.53 Å². The Hall–Kier alpha value is -0.610. The van der Waals surface area contributed by atoms with Crippen molar-refractivity contribution in [2.75, 3.05) is 7.11 Å². The second-order valence-corrected chi connectivity index (χ2v) is 2.34. The molecule has 10 heavy (non-hydrogen) atoms. The number of nitrogens with one attached hydrogen (secondary N) is 1. The molecule has 4 heteroatoms. The molecule has 0 aromatic rings. The first-order valence-corrected chi connectivity index (χ1v) is 3.26. The monoisotopic (exact) mass is 145 g/mol. The summed E-state index contributed by atoms with van der Waals surface area (Å²) in [5, 5.41) is 11.6. The van der Waals surface area contributed by atoms with E-state index in [-0.39, 0.29) is 12.0 Å². The number of hydrogen-bond donors (Lipinski definition) is 2. The first kappa shape index (κ1) is 7.50. The average molecular weight is 145 g/mol. The highest BCUT2D eigenvalue weighted by Crippen LogP contribution is 2.10. The zero-order valence-corrected chi connectivity index (χ0v) is 5.83. The fraction of sp³-hybridized carbons (Fsp3) is 0.833. The van der Waals surface area contributed by atoms with Gasteiger partial charge in [-0.1, -0.05) is 0 Å². The van der Waals surface area contributed by atoms with E-state index in [9.17, 15) is 4.79 Å². The van der Waals surface area contributed by atoms with Crippen LogP contribution in [0.15, 0.2) is 0 Å². The van der Waals surface area contributed by atoms with Gasteiger partial charge in [0, 0.05) is 0 Å². The molecule has 1 fully saturated rings. The van der Waals surface area contributed by atoms with Crippen molar-refractivity contribution in [1.82, 2.24) is 5.32 Å². The Morgan fingerprint density at radius 1 is 1.70 bits per heavy atom. The fourth-order valence-electron chi connectivity index (χ4n) is 1.05. The van der Waals surface area contributed by atoms with E-state index >= 15 is 0 Å². The summed E-state index contributed by atoms with van der Waals surface area (Å²) in [5.41, 5.74) is 0. The molecule has 0 aliphatic carbocycles. The van der Waals surface area contributed by atoms with Crippen LogP contribution in [-0.4, -0.2) is 30.5 Å². The molecule has 1 aliphatic heterocycles. The van der Waals surface area contributed by atoms with Gasteiger partial charge in [0.1, 0.15) is 12.3 Å². The van der Waals surface area contributed by atoms with Crippen molar-refractivity contribution < 1.29 is 14.6 Å². The van der Waals surface area contributed by atoms with E-state index in [4.69, 9.17) is 5.11 Å². The lowest BCUT2D eigenvalue weighted by molar-refractivity contribution is -0.143. The van der Waals surface area contributed by atoms with Crippen molar-refractivity contribution in [3.8, 4) is 0 Å². The Bertz CT molecular complexity index is 137. The minimum Gasteiger partial charge on any atom is -0.468 e. The standard InChI is InChI=1S/C6H11NO3/c1-10-6(9)4-2-3-5(8)7-4/h4-5,7-8H,2-3H2,1H3/t4-,5?/m1/s1. The number of carbonyl (C=O) groups excluding carboxylic acids is 1. The molecule has 1 heterocycles. The molecule has 1 unspecified atom stereocenters. The van der Waals surface area contributed by atoms with Crippen molar-refractivity contribution in [1.29, 1.82) is 0 Å². The van der Waals surface area contributed by atoms with Crippen molar-refractivity contribution in [2.24, 2.45) is 0 Å². The first-order chi connectivity index (χ1) is 4.74. The number of rotatable bonds is 1. The van der Waals surface area contributed by atoms with Crippen LogP contribution in [0.25, 0.3) is 0 Å². The normalized spacial score (nSPS) is 32.2. The summed E-state index contributed by atoms with van der Waals surface area (Å²) < 4.78 is 4.47. The van der Waals surface area contributed by atoms with E-state index in [0.717, 1.165) is 0 Å². The van der Waals surface area contributed by atoms with E-state index in [0.29, 0.717) is 12.8 Å². The third-order valence-corrected chi connectivity index (χ3v) is 1.61. The van der Waals surface area contributed by atoms with Gasteiger partial charge in [0.2, 0.25) is 0 Å². The molecule has 1 aliphatic rings. The van der Waals surface area contributed by atoms with E-state index in [1.165, 1.54) is 7.11 Å². The Balaban J connectivity index is 2.37. The van der Waals surface area contributed by atoms with Gasteiger partial charge in [0.15, 0.2) is 0 Å². The lowest BCUT2D eigenvalue weighted by Crippen LogP contribution is -2.35.